The van der Waals surface area contributed by atoms with E-state index in [0.29, 0.717) is 0 Å². The Morgan fingerprint density at radius 2 is 2.53 bits per heavy atom. The van der Waals surface area contributed by atoms with Crippen LogP contribution in [-0.2, 0) is 6.42 Å². The van der Waals surface area contributed by atoms with Crippen molar-refractivity contribution in [2.45, 2.75) is 19.4 Å². The number of nitrogens with zero attached hydrogens (tertiary/aromatic N) is 1. The van der Waals surface area contributed by atoms with Gasteiger partial charge in [-0.2, -0.15) is 0 Å². The van der Waals surface area contributed by atoms with Crippen LogP contribution in [0.5, 0.6) is 0 Å². The van der Waals surface area contributed by atoms with Crippen molar-refractivity contribution in [2.75, 3.05) is 0 Å². The topological polar surface area (TPSA) is 64.1 Å². The molecule has 0 aliphatic heterocycles. The molecule has 0 saturated carbocycles. The number of nitrogens with two attached hydrogens (primary N) is 1. The first-order valence-electron chi connectivity index (χ1n) is 4.69. The average molecular weight is 223 g/mol. The van der Waals surface area contributed by atoms with Gasteiger partial charge in [-0.15, -0.1) is 11.3 Å². The van der Waals surface area contributed by atoms with E-state index in [1.54, 1.807) is 23.9 Å². The van der Waals surface area contributed by atoms with Crippen LogP contribution in [0, 0.1) is 6.92 Å². The molecule has 0 aliphatic rings. The number of aryl methyl sites for hydroxylation is 1. The van der Waals surface area contributed by atoms with Crippen LogP contribution in [-0.4, -0.2) is 4.98 Å². The zero-order valence-corrected chi connectivity index (χ0v) is 9.25. The summed E-state index contributed by atoms with van der Waals surface area (Å²) in [5.74, 6) is 5.51. The highest BCUT2D eigenvalue weighted by atomic mass is 32.1. The predicted molar refractivity (Wildman–Crippen MR) is 59.3 cm³/mol. The van der Waals surface area contributed by atoms with E-state index in [9.17, 15) is 0 Å². The zero-order valence-electron chi connectivity index (χ0n) is 8.43. The maximum absolute atomic E-state index is 5.51. The van der Waals surface area contributed by atoms with Crippen LogP contribution in [0.3, 0.4) is 0 Å². The molecule has 2 aromatic heterocycles. The van der Waals surface area contributed by atoms with E-state index in [1.807, 2.05) is 18.4 Å². The van der Waals surface area contributed by atoms with E-state index in [1.165, 1.54) is 0 Å². The first kappa shape index (κ1) is 10.4. The molecule has 3 N–H and O–H groups in total. The Morgan fingerprint density at radius 1 is 1.67 bits per heavy atom. The van der Waals surface area contributed by atoms with Crippen LogP contribution in [0.25, 0.3) is 0 Å². The zero-order chi connectivity index (χ0) is 10.7. The van der Waals surface area contributed by atoms with Crippen molar-refractivity contribution in [3.05, 3.63) is 40.2 Å². The number of furan rings is 1. The van der Waals surface area contributed by atoms with Crippen LogP contribution >= 0.6 is 11.3 Å². The SMILES string of the molecule is Cc1nc(C(Cc2ccoc2)NN)cs1. The number of hydrogen-bond acceptors (Lipinski definition) is 5. The van der Waals surface area contributed by atoms with E-state index in [2.05, 4.69) is 10.4 Å². The van der Waals surface area contributed by atoms with Crippen molar-refractivity contribution in [1.29, 1.82) is 0 Å². The molecular formula is C10H13N3OS. The second-order valence-electron chi connectivity index (χ2n) is 3.35. The molecule has 0 bridgehead atoms. The summed E-state index contributed by atoms with van der Waals surface area (Å²) in [4.78, 5) is 4.41. The van der Waals surface area contributed by atoms with Crippen molar-refractivity contribution in [2.24, 2.45) is 5.84 Å². The lowest BCUT2D eigenvalue weighted by atomic mass is 10.1. The molecular weight excluding hydrogens is 210 g/mol. The molecule has 4 nitrogen and oxygen atoms in total. The van der Waals surface area contributed by atoms with Gasteiger partial charge in [0.15, 0.2) is 0 Å². The summed E-state index contributed by atoms with van der Waals surface area (Å²) in [6.07, 6.45) is 4.18. The Labute approximate surface area is 92.1 Å². The van der Waals surface area contributed by atoms with Gasteiger partial charge in [-0.1, -0.05) is 0 Å². The number of hydrazine groups is 1. The number of aromatic nitrogens is 1. The third kappa shape index (κ3) is 2.44. The molecule has 2 heterocycles. The molecule has 1 unspecified atom stereocenters. The smallest absolute Gasteiger partial charge is 0.0935 e. The molecule has 0 saturated heterocycles. The first-order chi connectivity index (χ1) is 7.29. The lowest BCUT2D eigenvalue weighted by Gasteiger charge is -2.11. The molecule has 80 valence electrons. The van der Waals surface area contributed by atoms with Crippen molar-refractivity contribution < 1.29 is 4.42 Å². The fourth-order valence-electron chi connectivity index (χ4n) is 1.43. The largest absolute Gasteiger partial charge is 0.472 e. The third-order valence-electron chi connectivity index (χ3n) is 2.21. The van der Waals surface area contributed by atoms with Gasteiger partial charge in [0, 0.05) is 5.38 Å². The molecule has 15 heavy (non-hydrogen) atoms. The Morgan fingerprint density at radius 3 is 3.07 bits per heavy atom. The van der Waals surface area contributed by atoms with Gasteiger partial charge in [-0.25, -0.2) is 4.98 Å². The van der Waals surface area contributed by atoms with Gasteiger partial charge < -0.3 is 4.42 Å². The fraction of sp³-hybridized carbons (Fsp3) is 0.300. The Bertz CT molecular complexity index is 410. The van der Waals surface area contributed by atoms with Gasteiger partial charge in [-0.3, -0.25) is 11.3 Å². The van der Waals surface area contributed by atoms with Gasteiger partial charge >= 0.3 is 0 Å². The van der Waals surface area contributed by atoms with Gasteiger partial charge in [0.25, 0.3) is 0 Å². The average Bonchev–Trinajstić information content (AvgIpc) is 2.85. The predicted octanol–water partition coefficient (Wildman–Crippen LogP) is 1.79. The molecule has 0 radical (unpaired) electrons. The molecule has 0 fully saturated rings. The Kier molecular flexibility index (Phi) is 3.15. The summed E-state index contributed by atoms with van der Waals surface area (Å²) in [6.45, 7) is 1.99. The maximum atomic E-state index is 5.51. The number of hydrogen-bond donors (Lipinski definition) is 2. The minimum Gasteiger partial charge on any atom is -0.472 e. The van der Waals surface area contributed by atoms with Crippen molar-refractivity contribution >= 4 is 11.3 Å². The van der Waals surface area contributed by atoms with Crippen LogP contribution in [0.15, 0.2) is 28.4 Å². The van der Waals surface area contributed by atoms with Crippen LogP contribution < -0.4 is 11.3 Å². The van der Waals surface area contributed by atoms with Crippen LogP contribution in [0.1, 0.15) is 22.3 Å². The maximum Gasteiger partial charge on any atom is 0.0935 e. The van der Waals surface area contributed by atoms with Crippen molar-refractivity contribution in [3.63, 3.8) is 0 Å². The van der Waals surface area contributed by atoms with Gasteiger partial charge in [0.05, 0.1) is 29.3 Å². The lowest BCUT2D eigenvalue weighted by molar-refractivity contribution is 0.528. The molecule has 0 aliphatic carbocycles. The van der Waals surface area contributed by atoms with Crippen molar-refractivity contribution in [3.8, 4) is 0 Å². The molecule has 2 aromatic rings. The summed E-state index contributed by atoms with van der Waals surface area (Å²) in [5.41, 5.74) is 4.87. The molecule has 0 amide bonds. The standard InChI is InChI=1S/C10H13N3OS/c1-7-12-10(6-15-7)9(13-11)4-8-2-3-14-5-8/h2-3,5-6,9,13H,4,11H2,1H3. The summed E-state index contributed by atoms with van der Waals surface area (Å²) >= 11 is 1.63. The first-order valence-corrected chi connectivity index (χ1v) is 5.57. The number of thiazole rings is 1. The summed E-state index contributed by atoms with van der Waals surface area (Å²) in [6, 6.07) is 1.98. The fourth-order valence-corrected chi connectivity index (χ4v) is 2.10. The monoisotopic (exact) mass is 223 g/mol. The summed E-state index contributed by atoms with van der Waals surface area (Å²) in [7, 11) is 0. The normalized spacial score (nSPS) is 12.9. The highest BCUT2D eigenvalue weighted by molar-refractivity contribution is 7.09. The molecule has 1 atom stereocenters. The lowest BCUT2D eigenvalue weighted by Crippen LogP contribution is -2.29. The second kappa shape index (κ2) is 4.57. The van der Waals surface area contributed by atoms with Crippen LogP contribution in [0.2, 0.25) is 0 Å². The minimum atomic E-state index is 0.0487. The molecule has 2 rings (SSSR count). The Balaban J connectivity index is 2.11. The summed E-state index contributed by atoms with van der Waals surface area (Å²) < 4.78 is 5.01. The van der Waals surface area contributed by atoms with Gasteiger partial charge in [0.1, 0.15) is 0 Å². The highest BCUT2D eigenvalue weighted by Gasteiger charge is 2.13. The van der Waals surface area contributed by atoms with E-state index in [4.69, 9.17) is 10.3 Å². The van der Waals surface area contributed by atoms with Gasteiger partial charge in [0.2, 0.25) is 0 Å². The quantitative estimate of drug-likeness (QED) is 0.612. The summed E-state index contributed by atoms with van der Waals surface area (Å²) in [5, 5.41) is 3.08. The molecule has 5 heteroatoms. The highest BCUT2D eigenvalue weighted by Crippen LogP contribution is 2.19. The number of rotatable bonds is 4. The minimum absolute atomic E-state index is 0.0487. The number of nitrogens with one attached hydrogen (secondary N) is 1. The van der Waals surface area contributed by atoms with E-state index < -0.39 is 0 Å². The van der Waals surface area contributed by atoms with Gasteiger partial charge in [-0.05, 0) is 25.0 Å². The Hall–Kier alpha value is -1.17. The van der Waals surface area contributed by atoms with Crippen LogP contribution in [0.4, 0.5) is 0 Å². The van der Waals surface area contributed by atoms with E-state index in [-0.39, 0.29) is 6.04 Å². The van der Waals surface area contributed by atoms with E-state index >= 15 is 0 Å². The molecule has 0 aromatic carbocycles. The third-order valence-corrected chi connectivity index (χ3v) is 3.01. The molecule has 0 spiro atoms. The van der Waals surface area contributed by atoms with E-state index in [0.717, 1.165) is 22.7 Å². The van der Waals surface area contributed by atoms with Crippen molar-refractivity contribution in [1.82, 2.24) is 10.4 Å². The second-order valence-corrected chi connectivity index (χ2v) is 4.41.